The minimum Gasteiger partial charge on any atom is -0.370 e. The molecule has 0 aliphatic heterocycles. The molecular weight excluding hydrogens is 270 g/mol. The Hall–Kier alpha value is -1.63. The molecule has 0 atom stereocenters. The number of benzene rings is 1. The summed E-state index contributed by atoms with van der Waals surface area (Å²) in [6.45, 7) is 0.768. The van der Waals surface area contributed by atoms with E-state index in [1.54, 1.807) is 24.3 Å². The fourth-order valence-corrected chi connectivity index (χ4v) is 1.46. The van der Waals surface area contributed by atoms with Gasteiger partial charge in [-0.2, -0.15) is 0 Å². The highest BCUT2D eigenvalue weighted by Gasteiger charge is 2.04. The third-order valence-electron chi connectivity index (χ3n) is 2.10. The van der Waals surface area contributed by atoms with E-state index >= 15 is 0 Å². The van der Waals surface area contributed by atoms with Crippen LogP contribution in [0.25, 0.3) is 0 Å². The molecule has 0 radical (unpaired) electrons. The van der Waals surface area contributed by atoms with Gasteiger partial charge in [0.1, 0.15) is 6.61 Å². The van der Waals surface area contributed by atoms with Gasteiger partial charge in [0.2, 0.25) is 11.8 Å². The molecule has 7 heteroatoms. The highest BCUT2D eigenvalue weighted by Crippen LogP contribution is 2.19. The van der Waals surface area contributed by atoms with E-state index in [0.717, 1.165) is 0 Å². The number of carbonyl (C=O) groups is 2. The molecular formula is C12H16ClN3O3. The fourth-order valence-electron chi connectivity index (χ4n) is 1.28. The standard InChI is InChI=1S/C12H16ClN3O3/c13-9-3-1-2-4-10(9)16-12(18)7-15-5-6-19-8-11(14)17/h1-4,15H,5-8H2,(H2,14,17)(H,16,18). The lowest BCUT2D eigenvalue weighted by Crippen LogP contribution is -2.31. The van der Waals surface area contributed by atoms with Crippen molar-refractivity contribution >= 4 is 29.1 Å². The SMILES string of the molecule is NC(=O)COCCNCC(=O)Nc1ccccc1Cl. The first-order valence-corrected chi connectivity index (χ1v) is 6.08. The van der Waals surface area contributed by atoms with Gasteiger partial charge in [0.25, 0.3) is 0 Å². The Kier molecular flexibility index (Phi) is 6.88. The Balaban J connectivity index is 2.15. The van der Waals surface area contributed by atoms with E-state index in [9.17, 15) is 9.59 Å². The molecule has 0 heterocycles. The highest BCUT2D eigenvalue weighted by molar-refractivity contribution is 6.33. The summed E-state index contributed by atoms with van der Waals surface area (Å²) < 4.78 is 4.92. The number of nitrogens with two attached hydrogens (primary N) is 1. The number of primary amides is 1. The first-order chi connectivity index (χ1) is 9.09. The van der Waals surface area contributed by atoms with Gasteiger partial charge >= 0.3 is 0 Å². The van der Waals surface area contributed by atoms with Crippen molar-refractivity contribution in [2.45, 2.75) is 0 Å². The third kappa shape index (κ3) is 6.76. The predicted molar refractivity (Wildman–Crippen MR) is 73.0 cm³/mol. The van der Waals surface area contributed by atoms with Gasteiger partial charge in [0.15, 0.2) is 0 Å². The zero-order valence-corrected chi connectivity index (χ0v) is 11.1. The van der Waals surface area contributed by atoms with Crippen LogP contribution in [0.4, 0.5) is 5.69 Å². The molecule has 0 aliphatic rings. The molecule has 0 aliphatic carbocycles. The maximum absolute atomic E-state index is 11.6. The van der Waals surface area contributed by atoms with Crippen molar-refractivity contribution < 1.29 is 14.3 Å². The Bertz CT molecular complexity index is 440. The average molecular weight is 286 g/mol. The molecule has 0 fully saturated rings. The molecule has 0 unspecified atom stereocenters. The minimum absolute atomic E-state index is 0.118. The van der Waals surface area contributed by atoms with Crippen LogP contribution in [0, 0.1) is 0 Å². The number of ether oxygens (including phenoxy) is 1. The quantitative estimate of drug-likeness (QED) is 0.602. The second-order valence-corrected chi connectivity index (χ2v) is 4.13. The van der Waals surface area contributed by atoms with Gasteiger partial charge in [0, 0.05) is 6.54 Å². The molecule has 1 aromatic carbocycles. The summed E-state index contributed by atoms with van der Waals surface area (Å²) in [5.74, 6) is -0.723. The Morgan fingerprint density at radius 2 is 2.05 bits per heavy atom. The van der Waals surface area contributed by atoms with Crippen molar-refractivity contribution in [3.63, 3.8) is 0 Å². The second kappa shape index (κ2) is 8.47. The van der Waals surface area contributed by atoms with E-state index in [-0.39, 0.29) is 19.1 Å². The van der Waals surface area contributed by atoms with E-state index in [1.807, 2.05) is 0 Å². The first kappa shape index (κ1) is 15.4. The van der Waals surface area contributed by atoms with Gasteiger partial charge in [-0.25, -0.2) is 0 Å². The van der Waals surface area contributed by atoms with Gasteiger partial charge < -0.3 is 21.1 Å². The number of anilines is 1. The smallest absolute Gasteiger partial charge is 0.243 e. The van der Waals surface area contributed by atoms with Gasteiger partial charge in [0.05, 0.1) is 23.9 Å². The summed E-state index contributed by atoms with van der Waals surface area (Å²) in [5, 5.41) is 6.02. The largest absolute Gasteiger partial charge is 0.370 e. The van der Waals surface area contributed by atoms with Crippen LogP contribution in [0.1, 0.15) is 0 Å². The Morgan fingerprint density at radius 3 is 2.74 bits per heavy atom. The molecule has 0 saturated carbocycles. The number of halogens is 1. The van der Waals surface area contributed by atoms with Crippen molar-refractivity contribution in [3.05, 3.63) is 29.3 Å². The van der Waals surface area contributed by atoms with Crippen molar-refractivity contribution in [2.75, 3.05) is 31.6 Å². The highest BCUT2D eigenvalue weighted by atomic mass is 35.5. The van der Waals surface area contributed by atoms with E-state index in [2.05, 4.69) is 10.6 Å². The first-order valence-electron chi connectivity index (χ1n) is 5.70. The van der Waals surface area contributed by atoms with Crippen LogP contribution in [0.5, 0.6) is 0 Å². The van der Waals surface area contributed by atoms with Crippen molar-refractivity contribution in [1.29, 1.82) is 0 Å². The van der Waals surface area contributed by atoms with Crippen LogP contribution < -0.4 is 16.4 Å². The predicted octanol–water partition coefficient (Wildman–Crippen LogP) is 0.370. The normalized spacial score (nSPS) is 10.2. The lowest BCUT2D eigenvalue weighted by atomic mass is 10.3. The van der Waals surface area contributed by atoms with Gasteiger partial charge in [-0.1, -0.05) is 23.7 Å². The van der Waals surface area contributed by atoms with Crippen molar-refractivity contribution in [3.8, 4) is 0 Å². The number of hydrogen-bond acceptors (Lipinski definition) is 4. The maximum atomic E-state index is 11.6. The molecule has 0 aromatic heterocycles. The van der Waals surface area contributed by atoms with Crippen LogP contribution in [0.2, 0.25) is 5.02 Å². The molecule has 1 aromatic rings. The number of carbonyl (C=O) groups excluding carboxylic acids is 2. The number of nitrogens with one attached hydrogen (secondary N) is 2. The molecule has 104 valence electrons. The van der Waals surface area contributed by atoms with E-state index in [4.69, 9.17) is 22.1 Å². The Morgan fingerprint density at radius 1 is 1.32 bits per heavy atom. The summed E-state index contributed by atoms with van der Waals surface area (Å²) in [4.78, 5) is 21.9. The van der Waals surface area contributed by atoms with Crippen LogP contribution in [0.15, 0.2) is 24.3 Å². The topological polar surface area (TPSA) is 93.5 Å². The summed E-state index contributed by atoms with van der Waals surface area (Å²) in [5.41, 5.74) is 5.46. The lowest BCUT2D eigenvalue weighted by molar-refractivity contribution is -0.122. The summed E-state index contributed by atoms with van der Waals surface area (Å²) in [7, 11) is 0. The van der Waals surface area contributed by atoms with Crippen LogP contribution in [-0.2, 0) is 14.3 Å². The van der Waals surface area contributed by atoms with Crippen molar-refractivity contribution in [1.82, 2.24) is 5.32 Å². The molecule has 1 rings (SSSR count). The van der Waals surface area contributed by atoms with Crippen LogP contribution >= 0.6 is 11.6 Å². The monoisotopic (exact) mass is 285 g/mol. The fraction of sp³-hybridized carbons (Fsp3) is 0.333. The molecule has 19 heavy (non-hydrogen) atoms. The number of rotatable bonds is 8. The van der Waals surface area contributed by atoms with Gasteiger partial charge in [-0.15, -0.1) is 0 Å². The molecule has 6 nitrogen and oxygen atoms in total. The number of para-hydroxylation sites is 1. The second-order valence-electron chi connectivity index (χ2n) is 3.72. The molecule has 0 spiro atoms. The number of amides is 2. The molecule has 2 amide bonds. The minimum atomic E-state index is -0.517. The summed E-state index contributed by atoms with van der Waals surface area (Å²) in [6.07, 6.45) is 0. The van der Waals surface area contributed by atoms with Crippen LogP contribution in [0.3, 0.4) is 0 Å². The zero-order chi connectivity index (χ0) is 14.1. The Labute approximate surface area is 116 Å². The van der Waals surface area contributed by atoms with E-state index in [0.29, 0.717) is 23.9 Å². The molecule has 4 N–H and O–H groups in total. The van der Waals surface area contributed by atoms with Crippen LogP contribution in [-0.4, -0.2) is 38.1 Å². The average Bonchev–Trinajstić information content (AvgIpc) is 2.36. The maximum Gasteiger partial charge on any atom is 0.243 e. The van der Waals surface area contributed by atoms with E-state index in [1.165, 1.54) is 0 Å². The summed E-state index contributed by atoms with van der Waals surface area (Å²) in [6, 6.07) is 6.98. The van der Waals surface area contributed by atoms with Gasteiger partial charge in [-0.3, -0.25) is 9.59 Å². The molecule has 0 bridgehead atoms. The summed E-state index contributed by atoms with van der Waals surface area (Å²) >= 11 is 5.90. The number of hydrogen-bond donors (Lipinski definition) is 3. The van der Waals surface area contributed by atoms with E-state index < -0.39 is 5.91 Å². The lowest BCUT2D eigenvalue weighted by Gasteiger charge is -2.08. The zero-order valence-electron chi connectivity index (χ0n) is 10.3. The van der Waals surface area contributed by atoms with Gasteiger partial charge in [-0.05, 0) is 12.1 Å². The third-order valence-corrected chi connectivity index (χ3v) is 2.43. The molecule has 0 saturated heterocycles. The van der Waals surface area contributed by atoms with Crippen molar-refractivity contribution in [2.24, 2.45) is 5.73 Å².